The monoisotopic (exact) mass is 264 g/mol. The molecule has 0 heterocycles. The molecular weight excluding hydrogens is 243 g/mol. The molecule has 1 aliphatic rings. The van der Waals surface area contributed by atoms with Gasteiger partial charge in [0.2, 0.25) is 5.91 Å². The highest BCUT2D eigenvalue weighted by Crippen LogP contribution is 2.22. The van der Waals surface area contributed by atoms with Crippen molar-refractivity contribution in [2.24, 2.45) is 11.7 Å². The van der Waals surface area contributed by atoms with Gasteiger partial charge in [-0.25, -0.2) is 4.39 Å². The zero-order valence-electron chi connectivity index (χ0n) is 11.1. The van der Waals surface area contributed by atoms with Gasteiger partial charge in [0.15, 0.2) is 0 Å². The van der Waals surface area contributed by atoms with E-state index in [-0.39, 0.29) is 23.7 Å². The lowest BCUT2D eigenvalue weighted by atomic mass is 9.94. The number of halogens is 1. The van der Waals surface area contributed by atoms with Crippen molar-refractivity contribution in [1.29, 1.82) is 0 Å². The quantitative estimate of drug-likeness (QED) is 0.823. The Morgan fingerprint density at radius 1 is 1.32 bits per heavy atom. The Bertz CT molecular complexity index is 436. The lowest BCUT2D eigenvalue weighted by Gasteiger charge is -2.20. The first-order chi connectivity index (χ1) is 9.16. The summed E-state index contributed by atoms with van der Waals surface area (Å²) < 4.78 is 13.0. The third kappa shape index (κ3) is 4.03. The second kappa shape index (κ2) is 6.66. The van der Waals surface area contributed by atoms with Gasteiger partial charge >= 0.3 is 0 Å². The van der Waals surface area contributed by atoms with Crippen LogP contribution in [0, 0.1) is 11.7 Å². The predicted molar refractivity (Wildman–Crippen MR) is 72.8 cm³/mol. The Morgan fingerprint density at radius 2 is 2.11 bits per heavy atom. The Morgan fingerprint density at radius 3 is 2.89 bits per heavy atom. The average Bonchev–Trinajstić information content (AvgIpc) is 2.61. The summed E-state index contributed by atoms with van der Waals surface area (Å²) in [6, 6.07) is 6.24. The van der Waals surface area contributed by atoms with Crippen molar-refractivity contribution < 1.29 is 9.18 Å². The Labute approximate surface area is 113 Å². The molecule has 1 fully saturated rings. The minimum absolute atomic E-state index is 0.00124. The van der Waals surface area contributed by atoms with Gasteiger partial charge in [0.25, 0.3) is 0 Å². The number of hydrogen-bond acceptors (Lipinski definition) is 2. The van der Waals surface area contributed by atoms with Gasteiger partial charge in [-0.3, -0.25) is 4.79 Å². The predicted octanol–water partition coefficient (Wildman–Crippen LogP) is 2.35. The Kier molecular flexibility index (Phi) is 4.91. The zero-order chi connectivity index (χ0) is 13.7. The molecule has 3 N–H and O–H groups in total. The average molecular weight is 264 g/mol. The molecule has 104 valence electrons. The maximum absolute atomic E-state index is 13.0. The molecule has 2 atom stereocenters. The van der Waals surface area contributed by atoms with Gasteiger partial charge in [-0.1, -0.05) is 31.4 Å². The molecule has 1 aromatic rings. The summed E-state index contributed by atoms with van der Waals surface area (Å²) in [4.78, 5) is 12.1. The van der Waals surface area contributed by atoms with Crippen LogP contribution < -0.4 is 11.1 Å². The van der Waals surface area contributed by atoms with Crippen LogP contribution >= 0.6 is 0 Å². The van der Waals surface area contributed by atoms with Crippen molar-refractivity contribution in [3.05, 3.63) is 35.6 Å². The van der Waals surface area contributed by atoms with Gasteiger partial charge in [-0.05, 0) is 30.5 Å². The highest BCUT2D eigenvalue weighted by molar-refractivity contribution is 5.79. The van der Waals surface area contributed by atoms with Crippen LogP contribution in [-0.2, 0) is 11.3 Å². The molecular formula is C15H21FN2O. The Balaban J connectivity index is 1.89. The molecule has 0 saturated heterocycles. The number of carbonyl (C=O) groups excluding carboxylic acids is 1. The van der Waals surface area contributed by atoms with E-state index in [1.54, 1.807) is 12.1 Å². The molecule has 2 rings (SSSR count). The van der Waals surface area contributed by atoms with Crippen LogP contribution in [0.1, 0.15) is 37.7 Å². The van der Waals surface area contributed by atoms with Crippen LogP contribution in [0.25, 0.3) is 0 Å². The van der Waals surface area contributed by atoms with Crippen LogP contribution in [0.15, 0.2) is 24.3 Å². The largest absolute Gasteiger partial charge is 0.352 e. The van der Waals surface area contributed by atoms with Crippen LogP contribution in [0.5, 0.6) is 0 Å². The highest BCUT2D eigenvalue weighted by Gasteiger charge is 2.26. The zero-order valence-corrected chi connectivity index (χ0v) is 11.1. The standard InChI is InChI=1S/C15H21FN2O/c16-12-6-4-5-11(9-12)10-18-15(19)13-7-2-1-3-8-14(13)17/h4-6,9,13-14H,1-3,7-8,10,17H2,(H,18,19). The van der Waals surface area contributed by atoms with Crippen LogP contribution in [0.2, 0.25) is 0 Å². The second-order valence-corrected chi connectivity index (χ2v) is 5.26. The normalized spacial score (nSPS) is 23.7. The molecule has 19 heavy (non-hydrogen) atoms. The molecule has 0 aromatic heterocycles. The topological polar surface area (TPSA) is 55.1 Å². The van der Waals surface area contributed by atoms with E-state index in [9.17, 15) is 9.18 Å². The van der Waals surface area contributed by atoms with Crippen molar-refractivity contribution in [2.45, 2.75) is 44.7 Å². The van der Waals surface area contributed by atoms with Gasteiger partial charge < -0.3 is 11.1 Å². The van der Waals surface area contributed by atoms with Gasteiger partial charge in [0.05, 0.1) is 5.92 Å². The number of hydrogen-bond donors (Lipinski definition) is 2. The molecule has 0 bridgehead atoms. The van der Waals surface area contributed by atoms with E-state index in [1.165, 1.54) is 12.1 Å². The first-order valence-electron chi connectivity index (χ1n) is 6.94. The minimum Gasteiger partial charge on any atom is -0.352 e. The lowest BCUT2D eigenvalue weighted by Crippen LogP contribution is -2.41. The number of nitrogens with two attached hydrogens (primary N) is 1. The molecule has 0 aliphatic heterocycles. The van der Waals surface area contributed by atoms with E-state index in [0.717, 1.165) is 37.7 Å². The minimum atomic E-state index is -0.280. The van der Waals surface area contributed by atoms with Gasteiger partial charge in [0.1, 0.15) is 5.82 Å². The van der Waals surface area contributed by atoms with E-state index in [2.05, 4.69) is 5.32 Å². The summed E-state index contributed by atoms with van der Waals surface area (Å²) in [5.41, 5.74) is 6.83. The summed E-state index contributed by atoms with van der Waals surface area (Å²) in [5, 5.41) is 2.87. The fraction of sp³-hybridized carbons (Fsp3) is 0.533. The summed E-state index contributed by atoms with van der Waals surface area (Å²) in [6.07, 6.45) is 5.09. The number of carbonyl (C=O) groups is 1. The van der Waals surface area contributed by atoms with Crippen LogP contribution in [0.3, 0.4) is 0 Å². The van der Waals surface area contributed by atoms with Gasteiger partial charge in [0, 0.05) is 12.6 Å². The first kappa shape index (κ1) is 14.0. The molecule has 3 nitrogen and oxygen atoms in total. The van der Waals surface area contributed by atoms with Crippen LogP contribution in [0.4, 0.5) is 4.39 Å². The molecule has 1 saturated carbocycles. The van der Waals surface area contributed by atoms with Crippen molar-refractivity contribution in [2.75, 3.05) is 0 Å². The van der Waals surface area contributed by atoms with E-state index in [4.69, 9.17) is 5.73 Å². The third-order valence-corrected chi connectivity index (χ3v) is 3.76. The fourth-order valence-corrected chi connectivity index (χ4v) is 2.63. The van der Waals surface area contributed by atoms with Crippen molar-refractivity contribution in [3.63, 3.8) is 0 Å². The molecule has 1 amide bonds. The number of rotatable bonds is 3. The molecule has 4 heteroatoms. The lowest BCUT2D eigenvalue weighted by molar-refractivity contribution is -0.126. The molecule has 0 radical (unpaired) electrons. The molecule has 0 spiro atoms. The summed E-state index contributed by atoms with van der Waals surface area (Å²) in [7, 11) is 0. The maximum atomic E-state index is 13.0. The first-order valence-corrected chi connectivity index (χ1v) is 6.94. The molecule has 1 aliphatic carbocycles. The van der Waals surface area contributed by atoms with Gasteiger partial charge in [-0.2, -0.15) is 0 Å². The number of benzene rings is 1. The SMILES string of the molecule is NC1CCCCCC1C(=O)NCc1cccc(F)c1. The second-order valence-electron chi connectivity index (χ2n) is 5.26. The van der Waals surface area contributed by atoms with Crippen molar-refractivity contribution in [3.8, 4) is 0 Å². The Hall–Kier alpha value is -1.42. The van der Waals surface area contributed by atoms with E-state index >= 15 is 0 Å². The molecule has 1 aromatic carbocycles. The van der Waals surface area contributed by atoms with Crippen molar-refractivity contribution >= 4 is 5.91 Å². The molecule has 2 unspecified atom stereocenters. The van der Waals surface area contributed by atoms with Crippen LogP contribution in [-0.4, -0.2) is 11.9 Å². The summed E-state index contributed by atoms with van der Waals surface area (Å²) >= 11 is 0. The highest BCUT2D eigenvalue weighted by atomic mass is 19.1. The maximum Gasteiger partial charge on any atom is 0.224 e. The van der Waals surface area contributed by atoms with Crippen molar-refractivity contribution in [1.82, 2.24) is 5.32 Å². The fourth-order valence-electron chi connectivity index (χ4n) is 2.63. The number of amides is 1. The van der Waals surface area contributed by atoms with E-state index in [1.807, 2.05) is 0 Å². The summed E-state index contributed by atoms with van der Waals surface area (Å²) in [6.45, 7) is 0.361. The smallest absolute Gasteiger partial charge is 0.224 e. The van der Waals surface area contributed by atoms with E-state index in [0.29, 0.717) is 6.54 Å². The summed E-state index contributed by atoms with van der Waals surface area (Å²) in [5.74, 6) is -0.382. The van der Waals surface area contributed by atoms with E-state index < -0.39 is 0 Å². The third-order valence-electron chi connectivity index (χ3n) is 3.76. The number of nitrogens with one attached hydrogen (secondary N) is 1. The van der Waals surface area contributed by atoms with Gasteiger partial charge in [-0.15, -0.1) is 0 Å².